The quantitative estimate of drug-likeness (QED) is 0.0951. The minimum Gasteiger partial charge on any atom is -0.481 e. The number of pyridine rings is 2. The first-order valence-corrected chi connectivity index (χ1v) is 18.2. The average molecular weight is 779 g/mol. The number of anilines is 1. The van der Waals surface area contributed by atoms with E-state index in [4.69, 9.17) is 42.8 Å². The first-order valence-electron chi connectivity index (χ1n) is 17.5. The van der Waals surface area contributed by atoms with Crippen molar-refractivity contribution in [2.24, 2.45) is 5.41 Å². The summed E-state index contributed by atoms with van der Waals surface area (Å²) in [6, 6.07) is 18.1. The van der Waals surface area contributed by atoms with Gasteiger partial charge in [0.2, 0.25) is 11.8 Å². The first-order chi connectivity index (χ1) is 25.8. The molecule has 0 bridgehead atoms. The molecule has 3 unspecified atom stereocenters. The third-order valence-electron chi connectivity index (χ3n) is 9.81. The molecule has 1 saturated heterocycles. The van der Waals surface area contributed by atoms with Crippen molar-refractivity contribution < 1.29 is 39.2 Å². The monoisotopic (exact) mass is 777 g/mol. The SMILES string of the molecule is COc1cc(CNCC(O)CC(=O)O)c(Cl)c(OC2CCc3cccc(-c4ccc(CN5CCC(C)(C(=O)O)C5)c(NC(=O)c5ccccc5Cl)n4)c32)n1. The minimum atomic E-state index is -1.10. The van der Waals surface area contributed by atoms with Crippen LogP contribution in [0.15, 0.2) is 60.7 Å². The van der Waals surface area contributed by atoms with E-state index >= 15 is 0 Å². The molecular weight excluding hydrogens is 737 g/mol. The predicted molar refractivity (Wildman–Crippen MR) is 202 cm³/mol. The molecule has 54 heavy (non-hydrogen) atoms. The number of aromatic nitrogens is 2. The van der Waals surface area contributed by atoms with Gasteiger partial charge in [-0.2, -0.15) is 4.98 Å². The molecule has 3 heterocycles. The summed E-state index contributed by atoms with van der Waals surface area (Å²) >= 11 is 13.2. The fourth-order valence-electron chi connectivity index (χ4n) is 6.91. The van der Waals surface area contributed by atoms with Crippen LogP contribution >= 0.6 is 23.2 Å². The highest BCUT2D eigenvalue weighted by molar-refractivity contribution is 6.34. The van der Waals surface area contributed by atoms with Crippen molar-refractivity contribution >= 4 is 46.9 Å². The Hall–Kier alpha value is -4.79. The number of likely N-dealkylation sites (tertiary alicyclic amines) is 1. The summed E-state index contributed by atoms with van der Waals surface area (Å²) in [5.74, 6) is -1.62. The number of carbonyl (C=O) groups is 3. The summed E-state index contributed by atoms with van der Waals surface area (Å²) in [6.07, 6.45) is -0.0800. The van der Waals surface area contributed by atoms with Crippen molar-refractivity contribution in [2.75, 3.05) is 32.1 Å². The van der Waals surface area contributed by atoms with Crippen LogP contribution in [0, 0.1) is 5.41 Å². The van der Waals surface area contributed by atoms with Gasteiger partial charge < -0.3 is 35.4 Å². The molecule has 1 amide bonds. The molecule has 284 valence electrons. The number of aliphatic hydroxyl groups is 1. The number of halogens is 2. The number of amides is 1. The van der Waals surface area contributed by atoms with Crippen LogP contribution in [-0.4, -0.2) is 80.9 Å². The summed E-state index contributed by atoms with van der Waals surface area (Å²) < 4.78 is 12.0. The Bertz CT molecular complexity index is 2070. The number of carboxylic acids is 2. The lowest BCUT2D eigenvalue weighted by Gasteiger charge is -2.22. The summed E-state index contributed by atoms with van der Waals surface area (Å²) in [7, 11) is 1.47. The van der Waals surface area contributed by atoms with E-state index in [1.54, 1.807) is 37.3 Å². The molecule has 3 atom stereocenters. The van der Waals surface area contributed by atoms with Crippen LogP contribution in [0.2, 0.25) is 10.0 Å². The van der Waals surface area contributed by atoms with E-state index in [9.17, 15) is 24.6 Å². The number of hydrogen-bond donors (Lipinski definition) is 5. The van der Waals surface area contributed by atoms with Gasteiger partial charge in [-0.1, -0.05) is 59.6 Å². The Labute approximate surface area is 322 Å². The van der Waals surface area contributed by atoms with E-state index in [1.807, 2.05) is 35.2 Å². The molecule has 2 aromatic carbocycles. The van der Waals surface area contributed by atoms with Gasteiger partial charge in [-0.15, -0.1) is 0 Å². The van der Waals surface area contributed by atoms with E-state index in [2.05, 4.69) is 15.6 Å². The van der Waals surface area contributed by atoms with Gasteiger partial charge in [0.1, 0.15) is 16.9 Å². The van der Waals surface area contributed by atoms with Crippen LogP contribution in [0.1, 0.15) is 64.9 Å². The second-order valence-corrected chi connectivity index (χ2v) is 14.6. The van der Waals surface area contributed by atoms with Crippen LogP contribution in [0.3, 0.4) is 0 Å². The highest BCUT2D eigenvalue weighted by Gasteiger charge is 2.40. The number of methoxy groups -OCH3 is 1. The maximum absolute atomic E-state index is 13.5. The van der Waals surface area contributed by atoms with Crippen molar-refractivity contribution in [1.29, 1.82) is 0 Å². The average Bonchev–Trinajstić information content (AvgIpc) is 3.73. The van der Waals surface area contributed by atoms with Gasteiger partial charge in [-0.05, 0) is 62.1 Å². The zero-order chi connectivity index (χ0) is 38.6. The highest BCUT2D eigenvalue weighted by Crippen LogP contribution is 2.43. The van der Waals surface area contributed by atoms with Crippen LogP contribution in [-0.2, 0) is 29.1 Å². The molecule has 2 aromatic heterocycles. The molecule has 1 aliphatic carbocycles. The molecule has 1 fully saturated rings. The second kappa shape index (κ2) is 16.7. The Balaban J connectivity index is 1.30. The Kier molecular flexibility index (Phi) is 12.0. The Morgan fingerprint density at radius 1 is 1.06 bits per heavy atom. The summed E-state index contributed by atoms with van der Waals surface area (Å²) in [5.41, 5.74) is 4.08. The standard InChI is InChI=1S/C39H41Cl2N5O8/c1-39(38(51)52)14-15-46(21-39)20-23-10-12-29(43-35(23)45-36(50)26-7-3-4-9-28(26)40)27-8-5-6-22-11-13-30(33(22)27)54-37-34(41)24(16-31(44-37)53-2)18-42-19-25(47)17-32(48)49/h3-10,12,16,25,30,42,47H,11,13-15,17-21H2,1-2H3,(H,48,49)(H,51,52)(H,43,45,50). The van der Waals surface area contributed by atoms with Gasteiger partial charge >= 0.3 is 11.9 Å². The van der Waals surface area contributed by atoms with Crippen molar-refractivity contribution in [3.63, 3.8) is 0 Å². The van der Waals surface area contributed by atoms with E-state index in [-0.39, 0.29) is 29.9 Å². The lowest BCUT2D eigenvalue weighted by molar-refractivity contribution is -0.147. The number of aliphatic carboxylic acids is 2. The lowest BCUT2D eigenvalue weighted by Crippen LogP contribution is -2.31. The lowest BCUT2D eigenvalue weighted by atomic mass is 9.90. The molecule has 6 rings (SSSR count). The van der Waals surface area contributed by atoms with Gasteiger partial charge in [-0.3, -0.25) is 19.3 Å². The Morgan fingerprint density at radius 3 is 2.57 bits per heavy atom. The highest BCUT2D eigenvalue weighted by atomic mass is 35.5. The number of carbonyl (C=O) groups excluding carboxylic acids is 1. The maximum atomic E-state index is 13.5. The van der Waals surface area contributed by atoms with Crippen molar-refractivity contribution in [3.05, 3.63) is 98.5 Å². The molecule has 0 saturated carbocycles. The van der Waals surface area contributed by atoms with Gasteiger partial charge in [0.15, 0.2) is 0 Å². The molecule has 5 N–H and O–H groups in total. The summed E-state index contributed by atoms with van der Waals surface area (Å²) in [5, 5.41) is 35.3. The molecule has 4 aromatic rings. The number of hydrogen-bond acceptors (Lipinski definition) is 10. The zero-order valence-corrected chi connectivity index (χ0v) is 31.3. The third-order valence-corrected chi connectivity index (χ3v) is 10.5. The van der Waals surface area contributed by atoms with Gasteiger partial charge in [0.25, 0.3) is 5.91 Å². The summed E-state index contributed by atoms with van der Waals surface area (Å²) in [6.45, 7) is 3.30. The molecule has 0 spiro atoms. The molecule has 1 aliphatic heterocycles. The topological polar surface area (TPSA) is 183 Å². The third kappa shape index (κ3) is 8.77. The maximum Gasteiger partial charge on any atom is 0.310 e. The van der Waals surface area contributed by atoms with Crippen LogP contribution in [0.25, 0.3) is 11.3 Å². The van der Waals surface area contributed by atoms with Gasteiger partial charge in [-0.25, -0.2) is 4.98 Å². The molecule has 2 aliphatic rings. The smallest absolute Gasteiger partial charge is 0.310 e. The zero-order valence-electron chi connectivity index (χ0n) is 29.8. The van der Waals surface area contributed by atoms with E-state index < -0.39 is 41.9 Å². The number of ether oxygens (including phenoxy) is 2. The van der Waals surface area contributed by atoms with E-state index in [1.165, 1.54) is 7.11 Å². The number of aryl methyl sites for hydroxylation is 1. The largest absolute Gasteiger partial charge is 0.481 e. The number of nitrogens with one attached hydrogen (secondary N) is 2. The fraction of sp³-hybridized carbons (Fsp3) is 0.359. The second-order valence-electron chi connectivity index (χ2n) is 13.8. The number of rotatable bonds is 15. The minimum absolute atomic E-state index is 0.0369. The van der Waals surface area contributed by atoms with Crippen LogP contribution in [0.5, 0.6) is 11.8 Å². The predicted octanol–water partition coefficient (Wildman–Crippen LogP) is 6.00. The van der Waals surface area contributed by atoms with Crippen LogP contribution in [0.4, 0.5) is 5.82 Å². The molecule has 13 nitrogen and oxygen atoms in total. The summed E-state index contributed by atoms with van der Waals surface area (Å²) in [4.78, 5) is 48.0. The molecule has 0 radical (unpaired) electrons. The number of nitrogens with zero attached hydrogens (tertiary/aromatic N) is 3. The van der Waals surface area contributed by atoms with E-state index in [0.717, 1.165) is 28.7 Å². The van der Waals surface area contributed by atoms with Gasteiger partial charge in [0, 0.05) is 48.9 Å². The number of aliphatic hydroxyl groups excluding tert-OH is 1. The van der Waals surface area contributed by atoms with Gasteiger partial charge in [0.05, 0.1) is 41.3 Å². The van der Waals surface area contributed by atoms with E-state index in [0.29, 0.717) is 60.1 Å². The number of fused-ring (bicyclic) bond motifs is 1. The normalized spacial score (nSPS) is 18.6. The molecular formula is C39H41Cl2N5O8. The van der Waals surface area contributed by atoms with Crippen LogP contribution < -0.4 is 20.1 Å². The van der Waals surface area contributed by atoms with Crippen molar-refractivity contribution in [1.82, 2.24) is 20.2 Å². The number of carboxylic acid groups (broad SMARTS) is 2. The molecule has 15 heteroatoms. The Morgan fingerprint density at radius 2 is 1.85 bits per heavy atom. The number of benzene rings is 2. The fourth-order valence-corrected chi connectivity index (χ4v) is 7.34. The first kappa shape index (κ1) is 38.9. The van der Waals surface area contributed by atoms with Crippen molar-refractivity contribution in [3.8, 4) is 23.0 Å². The van der Waals surface area contributed by atoms with Crippen molar-refractivity contribution in [2.45, 2.75) is 57.9 Å².